The zero-order valence-corrected chi connectivity index (χ0v) is 11.8. The first-order valence-corrected chi connectivity index (χ1v) is 5.05. The van der Waals surface area contributed by atoms with Crippen molar-refractivity contribution in [2.75, 3.05) is 0 Å². The number of aromatic nitrogens is 1. The number of hydrogen-bond acceptors (Lipinski definition) is 2. The number of fused-ring (bicyclic) bond motifs is 1. The molecule has 104 valence electrons. The fourth-order valence-corrected chi connectivity index (χ4v) is 1.72. The van der Waals surface area contributed by atoms with Gasteiger partial charge in [0.15, 0.2) is 0 Å². The molecule has 2 rings (SSSR count). The number of nitrogens with one attached hydrogen (secondary N) is 1. The van der Waals surface area contributed by atoms with Crippen molar-refractivity contribution in [3.63, 3.8) is 0 Å². The number of hydrogen-bond donors (Lipinski definition) is 2. The first kappa shape index (κ1) is 13.6. The maximum atomic E-state index is 13.4. The minimum atomic E-state index is -1.30. The Morgan fingerprint density at radius 1 is 1.47 bits per heavy atom. The molecule has 2 aromatic rings. The number of carboxylic acid groups (broad SMARTS) is 1. The van der Waals surface area contributed by atoms with Crippen LogP contribution in [-0.4, -0.2) is 28.2 Å². The van der Waals surface area contributed by atoms with Gasteiger partial charge in [0.1, 0.15) is 5.82 Å². The Morgan fingerprint density at radius 2 is 2.21 bits per heavy atom. The normalized spacial score (nSPS) is 11.1. The largest absolute Gasteiger partial charge is 0.490 e. The van der Waals surface area contributed by atoms with Crippen LogP contribution in [0, 0.1) is 5.82 Å². The standard InChI is InChI=1S/C12H8FN2O3.Fm/c13-9-3-1-2-8-7(5-14-11(8)9)4-10(12(17)18)15-6-16;/h1-3,5,14H,4H2,(H,17,18);/q-1;. The van der Waals surface area contributed by atoms with E-state index in [1.807, 2.05) is 0 Å². The summed E-state index contributed by atoms with van der Waals surface area (Å²) in [6.45, 7) is 0. The summed E-state index contributed by atoms with van der Waals surface area (Å²) >= 11 is 0. The Kier molecular flexibility index (Phi) is 3.73. The predicted molar refractivity (Wildman–Crippen MR) is 62.7 cm³/mol. The third kappa shape index (κ3) is 2.44. The molecular formula is C12H8FFmN2O3-. The van der Waals surface area contributed by atoms with Crippen LogP contribution in [0.4, 0.5) is 4.39 Å². The number of aromatic amines is 1. The van der Waals surface area contributed by atoms with E-state index in [-0.39, 0.29) is 12.1 Å². The molecule has 0 atom stereocenters. The Hall–Kier alpha value is -3.50. The van der Waals surface area contributed by atoms with Crippen molar-refractivity contribution in [2.45, 2.75) is 6.42 Å². The van der Waals surface area contributed by atoms with Crippen LogP contribution in [-0.2, 0) is 16.0 Å². The molecule has 0 aliphatic carbocycles. The Morgan fingerprint density at radius 3 is 2.84 bits per heavy atom. The number of carbonyl (C=O) groups excluding carboxylic acids is 1. The average Bonchev–Trinajstić information content (AvgIpc) is 2.73. The number of H-pyrrole nitrogens is 1. The number of aliphatic imine (C=N–C) groups is 1. The second kappa shape index (κ2) is 5.22. The van der Waals surface area contributed by atoms with Gasteiger partial charge in [0.05, 0.1) is 11.9 Å². The van der Waals surface area contributed by atoms with E-state index < -0.39 is 11.8 Å². The van der Waals surface area contributed by atoms with Gasteiger partial charge in [-0.3, -0.25) is 4.79 Å². The summed E-state index contributed by atoms with van der Waals surface area (Å²) in [6, 6.07) is 4.49. The molecule has 0 bridgehead atoms. The average molecular weight is 504 g/mol. The third-order valence-corrected chi connectivity index (χ3v) is 2.54. The molecule has 7 heteroatoms. The molecule has 1 aromatic carbocycles. The summed E-state index contributed by atoms with van der Waals surface area (Å²) in [5.41, 5.74) is 0.517. The van der Waals surface area contributed by atoms with Crippen molar-refractivity contribution in [2.24, 2.45) is 4.99 Å². The molecule has 0 fully saturated rings. The smallest absolute Gasteiger partial charge is 0.266 e. The van der Waals surface area contributed by atoms with E-state index >= 15 is 0 Å². The van der Waals surface area contributed by atoms with Crippen molar-refractivity contribution >= 4 is 29.0 Å². The first-order valence-electron chi connectivity index (χ1n) is 5.05. The van der Waals surface area contributed by atoms with Crippen LogP contribution in [0.2, 0.25) is 0 Å². The number of halogens is 1. The second-order valence-corrected chi connectivity index (χ2v) is 3.61. The number of para-hydroxylation sites is 1. The minimum absolute atomic E-state index is 0. The molecule has 0 saturated heterocycles. The van der Waals surface area contributed by atoms with E-state index in [1.165, 1.54) is 24.7 Å². The molecular weight excluding hydrogens is 496 g/mol. The number of nitrogens with zero attached hydrogens (tertiary/aromatic N) is 1. The van der Waals surface area contributed by atoms with E-state index in [4.69, 9.17) is 5.11 Å². The summed E-state index contributed by atoms with van der Waals surface area (Å²) in [6.07, 6.45) is 2.62. The van der Waals surface area contributed by atoms with Gasteiger partial charge in [-0.15, -0.1) is 0 Å². The molecule has 0 aliphatic heterocycles. The summed E-state index contributed by atoms with van der Waals surface area (Å²) in [4.78, 5) is 26.8. The van der Waals surface area contributed by atoms with Gasteiger partial charge in [-0.25, -0.2) is 4.39 Å². The number of aliphatic carboxylic acids is 1. The Labute approximate surface area is 101 Å². The molecule has 0 unspecified atom stereocenters. The van der Waals surface area contributed by atoms with E-state index in [0.717, 1.165) is 0 Å². The second-order valence-electron chi connectivity index (χ2n) is 3.61. The third-order valence-electron chi connectivity index (χ3n) is 2.54. The zero-order chi connectivity index (χ0) is 13.1. The fraction of sp³-hybridized carbons (Fsp3) is 0.0833. The van der Waals surface area contributed by atoms with Gasteiger partial charge < -0.3 is 19.9 Å². The van der Waals surface area contributed by atoms with Gasteiger partial charge in [0.2, 0.25) is 0 Å². The SMILES string of the molecule is O=[C-]N=C(Cc1c[nH]c2c(F)cccc12)C(=O)O.[Fm]. The van der Waals surface area contributed by atoms with Crippen molar-refractivity contribution < 1.29 is 19.1 Å². The van der Waals surface area contributed by atoms with Crippen molar-refractivity contribution in [3.05, 3.63) is 35.8 Å². The van der Waals surface area contributed by atoms with Crippen LogP contribution >= 0.6 is 0 Å². The molecule has 19 heavy (non-hydrogen) atoms. The molecule has 1 aromatic heterocycles. The zero-order valence-electron chi connectivity index (χ0n) is 9.39. The van der Waals surface area contributed by atoms with Crippen LogP contribution < -0.4 is 0 Å². The van der Waals surface area contributed by atoms with Crippen LogP contribution in [0.25, 0.3) is 10.9 Å². The van der Waals surface area contributed by atoms with Crippen molar-refractivity contribution in [3.8, 4) is 0 Å². The minimum Gasteiger partial charge on any atom is -0.490 e. The van der Waals surface area contributed by atoms with Crippen LogP contribution in [0.3, 0.4) is 0 Å². The van der Waals surface area contributed by atoms with Gasteiger partial charge in [0, 0.05) is 11.6 Å². The molecule has 1 heterocycles. The predicted octanol–water partition coefficient (Wildman–Crippen LogP) is 1.44. The van der Waals surface area contributed by atoms with Gasteiger partial charge in [-0.1, -0.05) is 12.1 Å². The Balaban J connectivity index is 0.00000180. The molecule has 0 aliphatic rings. The number of carbonyl (C=O) groups is 1. The van der Waals surface area contributed by atoms with Gasteiger partial charge in [0.25, 0.3) is 5.97 Å². The van der Waals surface area contributed by atoms with Crippen molar-refractivity contribution in [1.82, 2.24) is 4.98 Å². The fourth-order valence-electron chi connectivity index (χ4n) is 1.72. The van der Waals surface area contributed by atoms with Gasteiger partial charge in [-0.05, 0) is 23.8 Å². The molecule has 2 N–H and O–H groups in total. The molecule has 1 amide bonds. The van der Waals surface area contributed by atoms with E-state index in [0.29, 0.717) is 16.5 Å². The topological polar surface area (TPSA) is 82.5 Å². The molecule has 0 radical (unpaired) electrons. The number of carboxylic acids is 1. The molecule has 5 nitrogen and oxygen atoms in total. The van der Waals surface area contributed by atoms with E-state index in [2.05, 4.69) is 9.98 Å². The van der Waals surface area contributed by atoms with Crippen LogP contribution in [0.15, 0.2) is 29.4 Å². The summed E-state index contributed by atoms with van der Waals surface area (Å²) in [5, 5.41) is 9.40. The number of rotatable bonds is 4. The maximum Gasteiger partial charge on any atom is 0.266 e. The van der Waals surface area contributed by atoms with E-state index in [9.17, 15) is 14.0 Å². The van der Waals surface area contributed by atoms with E-state index in [1.54, 1.807) is 6.07 Å². The first-order chi connectivity index (χ1) is 8.63. The quantitative estimate of drug-likeness (QED) is 0.489. The summed E-state index contributed by atoms with van der Waals surface area (Å²) in [7, 11) is 0. The van der Waals surface area contributed by atoms with Gasteiger partial charge in [-0.2, -0.15) is 0 Å². The number of amides is 1. The van der Waals surface area contributed by atoms with Gasteiger partial charge >= 0.3 is 0 Å². The van der Waals surface area contributed by atoms with Crippen LogP contribution in [0.5, 0.6) is 0 Å². The summed E-state index contributed by atoms with van der Waals surface area (Å²) in [5.74, 6) is -1.72. The van der Waals surface area contributed by atoms with Crippen molar-refractivity contribution in [1.29, 1.82) is 0 Å². The number of benzene rings is 1. The molecule has 0 saturated carbocycles. The Bertz CT molecular complexity index is 651. The van der Waals surface area contributed by atoms with Crippen LogP contribution in [0.1, 0.15) is 5.56 Å². The monoisotopic (exact) mass is 504 g/mol. The maximum absolute atomic E-state index is 13.4. The molecule has 0 spiro atoms. The summed E-state index contributed by atoms with van der Waals surface area (Å²) < 4.78 is 13.4.